The first-order valence-corrected chi connectivity index (χ1v) is 9.79. The van der Waals surface area contributed by atoms with Gasteiger partial charge in [-0.15, -0.1) is 5.06 Å². The Bertz CT molecular complexity index is 1130. The van der Waals surface area contributed by atoms with Gasteiger partial charge in [-0.25, -0.2) is 4.84 Å². The first kappa shape index (κ1) is 20.0. The van der Waals surface area contributed by atoms with Crippen molar-refractivity contribution in [3.05, 3.63) is 71.9 Å². The molecule has 1 atom stereocenters. The number of nitrogens with zero attached hydrogens (tertiary/aromatic N) is 2. The Morgan fingerprint density at radius 2 is 1.63 bits per heavy atom. The fourth-order valence-corrected chi connectivity index (χ4v) is 3.66. The van der Waals surface area contributed by atoms with Crippen molar-refractivity contribution in [2.45, 2.75) is 26.2 Å². The van der Waals surface area contributed by atoms with E-state index in [0.29, 0.717) is 22.7 Å². The van der Waals surface area contributed by atoms with Crippen LogP contribution in [0.25, 0.3) is 22.0 Å². The number of rotatable bonds is 7. The minimum Gasteiger partial charge on any atom is -0.395 e. The van der Waals surface area contributed by atoms with Crippen LogP contribution < -0.4 is 0 Å². The fraction of sp³-hybridized carbons (Fsp3) is 0.217. The van der Waals surface area contributed by atoms with Gasteiger partial charge in [0.25, 0.3) is 11.8 Å². The first-order valence-electron chi connectivity index (χ1n) is 9.79. The number of aliphatic hydroxyl groups is 2. The van der Waals surface area contributed by atoms with E-state index >= 15 is 0 Å². The molecule has 0 saturated heterocycles. The summed E-state index contributed by atoms with van der Waals surface area (Å²) >= 11 is 0. The van der Waals surface area contributed by atoms with Gasteiger partial charge < -0.3 is 14.8 Å². The van der Waals surface area contributed by atoms with Crippen LogP contribution in [0.3, 0.4) is 0 Å². The highest BCUT2D eigenvalue weighted by Crippen LogP contribution is 2.39. The molecule has 4 rings (SSSR count). The summed E-state index contributed by atoms with van der Waals surface area (Å²) in [5.74, 6) is -1.24. The van der Waals surface area contributed by atoms with E-state index in [-0.39, 0.29) is 24.2 Å². The standard InChI is InChI=1S/C23H22N2O5/c1-2-19(27)30-25-22(28)20(15-8-4-3-5-9-15)21(23(25)29)17-14-24(12-13-26)18-11-7-6-10-16(17)18/h3-11,14,19,26-27H,2,12-13H2,1H3. The molecular formula is C23H22N2O5. The smallest absolute Gasteiger partial charge is 0.286 e. The second-order valence-electron chi connectivity index (χ2n) is 6.97. The summed E-state index contributed by atoms with van der Waals surface area (Å²) < 4.78 is 1.85. The molecule has 7 nitrogen and oxygen atoms in total. The highest BCUT2D eigenvalue weighted by Gasteiger charge is 2.42. The summed E-state index contributed by atoms with van der Waals surface area (Å²) in [4.78, 5) is 31.8. The van der Waals surface area contributed by atoms with E-state index in [9.17, 15) is 19.8 Å². The lowest BCUT2D eigenvalue weighted by molar-refractivity contribution is -0.242. The SMILES string of the molecule is CCC(O)ON1C(=O)C(c2ccccc2)=C(c2cn(CCO)c3ccccc23)C1=O. The molecule has 0 radical (unpaired) electrons. The third-order valence-electron chi connectivity index (χ3n) is 5.08. The van der Waals surface area contributed by atoms with E-state index in [0.717, 1.165) is 10.9 Å². The van der Waals surface area contributed by atoms with E-state index in [2.05, 4.69) is 0 Å². The van der Waals surface area contributed by atoms with Gasteiger partial charge in [-0.3, -0.25) is 9.59 Å². The summed E-state index contributed by atoms with van der Waals surface area (Å²) in [5, 5.41) is 20.8. The van der Waals surface area contributed by atoms with Crippen LogP contribution in [-0.4, -0.2) is 44.6 Å². The molecule has 0 spiro atoms. The van der Waals surface area contributed by atoms with Crippen LogP contribution in [0.1, 0.15) is 24.5 Å². The van der Waals surface area contributed by atoms with Crippen LogP contribution >= 0.6 is 0 Å². The highest BCUT2D eigenvalue weighted by molar-refractivity contribution is 6.49. The molecule has 1 aromatic heterocycles. The van der Waals surface area contributed by atoms with Crippen LogP contribution in [0.15, 0.2) is 60.8 Å². The number of carbonyl (C=O) groups is 2. The lowest BCUT2D eigenvalue weighted by Gasteiger charge is -2.17. The third-order valence-corrected chi connectivity index (χ3v) is 5.08. The zero-order valence-corrected chi connectivity index (χ0v) is 16.5. The number of hydrogen-bond acceptors (Lipinski definition) is 5. The molecule has 7 heteroatoms. The van der Waals surface area contributed by atoms with Gasteiger partial charge >= 0.3 is 0 Å². The van der Waals surface area contributed by atoms with E-state index in [4.69, 9.17) is 4.84 Å². The van der Waals surface area contributed by atoms with Gasteiger partial charge in [-0.1, -0.05) is 55.5 Å². The quantitative estimate of drug-likeness (QED) is 0.465. The Balaban J connectivity index is 1.94. The number of para-hydroxylation sites is 1. The van der Waals surface area contributed by atoms with E-state index < -0.39 is 18.1 Å². The number of benzene rings is 2. The molecular weight excluding hydrogens is 384 g/mol. The molecule has 2 aromatic carbocycles. The van der Waals surface area contributed by atoms with Crippen molar-refractivity contribution in [2.24, 2.45) is 0 Å². The summed E-state index contributed by atoms with van der Waals surface area (Å²) in [6, 6.07) is 16.4. The minimum absolute atomic E-state index is 0.0620. The maximum Gasteiger partial charge on any atom is 0.286 e. The number of fused-ring (bicyclic) bond motifs is 1. The van der Waals surface area contributed by atoms with Crippen molar-refractivity contribution in [1.82, 2.24) is 9.63 Å². The van der Waals surface area contributed by atoms with Crippen LogP contribution in [0.4, 0.5) is 0 Å². The van der Waals surface area contributed by atoms with Gasteiger partial charge in [0.15, 0.2) is 6.29 Å². The lowest BCUT2D eigenvalue weighted by Crippen LogP contribution is -2.35. The first-order chi connectivity index (χ1) is 14.6. The van der Waals surface area contributed by atoms with Crippen molar-refractivity contribution in [3.63, 3.8) is 0 Å². The van der Waals surface area contributed by atoms with Crippen molar-refractivity contribution in [2.75, 3.05) is 6.61 Å². The Labute approximate surface area is 173 Å². The summed E-state index contributed by atoms with van der Waals surface area (Å²) in [6.07, 6.45) is 0.720. The molecule has 1 unspecified atom stereocenters. The zero-order valence-electron chi connectivity index (χ0n) is 16.5. The van der Waals surface area contributed by atoms with Crippen molar-refractivity contribution in [1.29, 1.82) is 0 Å². The lowest BCUT2D eigenvalue weighted by atomic mass is 9.96. The molecule has 3 aromatic rings. The third kappa shape index (κ3) is 3.33. The predicted molar refractivity (Wildman–Crippen MR) is 112 cm³/mol. The van der Waals surface area contributed by atoms with Crippen LogP contribution in [0.2, 0.25) is 0 Å². The molecule has 30 heavy (non-hydrogen) atoms. The van der Waals surface area contributed by atoms with E-state index in [1.54, 1.807) is 37.4 Å². The molecule has 1 aliphatic rings. The van der Waals surface area contributed by atoms with E-state index in [1.807, 2.05) is 34.9 Å². The van der Waals surface area contributed by atoms with Crippen molar-refractivity contribution < 1.29 is 24.6 Å². The molecule has 0 aliphatic carbocycles. The van der Waals surface area contributed by atoms with Crippen LogP contribution in [0, 0.1) is 0 Å². The summed E-state index contributed by atoms with van der Waals surface area (Å²) in [5.41, 5.74) is 2.43. The monoisotopic (exact) mass is 406 g/mol. The number of amides is 2. The van der Waals surface area contributed by atoms with Gasteiger partial charge in [0.05, 0.1) is 17.8 Å². The Hall–Kier alpha value is -3.26. The summed E-state index contributed by atoms with van der Waals surface area (Å²) in [7, 11) is 0. The van der Waals surface area contributed by atoms with Crippen molar-refractivity contribution >= 4 is 33.9 Å². The molecule has 0 bridgehead atoms. The minimum atomic E-state index is -1.27. The largest absolute Gasteiger partial charge is 0.395 e. The van der Waals surface area contributed by atoms with Crippen LogP contribution in [0.5, 0.6) is 0 Å². The number of carbonyl (C=O) groups excluding carboxylic acids is 2. The molecule has 2 heterocycles. The van der Waals surface area contributed by atoms with Gasteiger partial charge in [-0.05, 0) is 18.1 Å². The summed E-state index contributed by atoms with van der Waals surface area (Å²) in [6.45, 7) is 1.98. The topological polar surface area (TPSA) is 92.0 Å². The number of hydroxylamine groups is 2. The second kappa shape index (κ2) is 8.23. The molecule has 2 amide bonds. The molecule has 1 aliphatic heterocycles. The number of aromatic nitrogens is 1. The van der Waals surface area contributed by atoms with Crippen LogP contribution in [-0.2, 0) is 21.0 Å². The number of imide groups is 1. The molecule has 0 fully saturated rings. The Morgan fingerprint density at radius 1 is 0.967 bits per heavy atom. The fourth-order valence-electron chi connectivity index (χ4n) is 3.66. The number of hydrogen-bond donors (Lipinski definition) is 2. The molecule has 2 N–H and O–H groups in total. The van der Waals surface area contributed by atoms with Gasteiger partial charge in [0.1, 0.15) is 0 Å². The average molecular weight is 406 g/mol. The van der Waals surface area contributed by atoms with Gasteiger partial charge in [0.2, 0.25) is 0 Å². The average Bonchev–Trinajstić information content (AvgIpc) is 3.24. The predicted octanol–water partition coefficient (Wildman–Crippen LogP) is 2.57. The zero-order chi connectivity index (χ0) is 21.3. The molecule has 0 saturated carbocycles. The van der Waals surface area contributed by atoms with Crippen molar-refractivity contribution in [3.8, 4) is 0 Å². The Morgan fingerprint density at radius 3 is 2.33 bits per heavy atom. The van der Waals surface area contributed by atoms with Gasteiger partial charge in [-0.2, -0.15) is 0 Å². The maximum atomic E-state index is 13.3. The normalized spacial score (nSPS) is 15.5. The second-order valence-corrected chi connectivity index (χ2v) is 6.97. The maximum absolute atomic E-state index is 13.3. The Kier molecular flexibility index (Phi) is 5.50. The van der Waals surface area contributed by atoms with Gasteiger partial charge in [0, 0.05) is 29.2 Å². The highest BCUT2D eigenvalue weighted by atomic mass is 16.8. The number of aliphatic hydroxyl groups excluding tert-OH is 2. The van der Waals surface area contributed by atoms with E-state index in [1.165, 1.54) is 0 Å². The molecule has 154 valence electrons.